The Morgan fingerprint density at radius 2 is 1.88 bits per heavy atom. The van der Waals surface area contributed by atoms with E-state index in [1.807, 2.05) is 56.3 Å². The first-order valence-corrected chi connectivity index (χ1v) is 8.21. The van der Waals surface area contributed by atoms with E-state index < -0.39 is 6.10 Å². The summed E-state index contributed by atoms with van der Waals surface area (Å²) in [7, 11) is 1.66. The molecule has 0 saturated carbocycles. The lowest BCUT2D eigenvalue weighted by atomic mass is 10.0. The van der Waals surface area contributed by atoms with Crippen LogP contribution in [0.25, 0.3) is 0 Å². The Morgan fingerprint density at radius 1 is 1.17 bits per heavy atom. The van der Waals surface area contributed by atoms with Crippen LogP contribution in [0.1, 0.15) is 37.4 Å². The Hall–Kier alpha value is -2.49. The molecule has 4 heteroatoms. The van der Waals surface area contributed by atoms with Gasteiger partial charge in [-0.25, -0.2) is 0 Å². The van der Waals surface area contributed by atoms with Gasteiger partial charge in [0.2, 0.25) is 0 Å². The van der Waals surface area contributed by atoms with Gasteiger partial charge in [0.15, 0.2) is 6.10 Å². The van der Waals surface area contributed by atoms with Gasteiger partial charge >= 0.3 is 0 Å². The highest BCUT2D eigenvalue weighted by atomic mass is 16.5. The van der Waals surface area contributed by atoms with Crippen LogP contribution in [0.4, 0.5) is 0 Å². The molecular weight excluding hydrogens is 302 g/mol. The van der Waals surface area contributed by atoms with Crippen molar-refractivity contribution in [3.05, 3.63) is 59.7 Å². The summed E-state index contributed by atoms with van der Waals surface area (Å²) in [5.41, 5.74) is 2.12. The predicted molar refractivity (Wildman–Crippen MR) is 95.4 cm³/mol. The Balaban J connectivity index is 2.03. The highest BCUT2D eigenvalue weighted by Gasteiger charge is 2.19. The number of methoxy groups -OCH3 is 1. The van der Waals surface area contributed by atoms with Crippen molar-refractivity contribution < 1.29 is 14.3 Å². The number of carbonyl (C=O) groups excluding carboxylic acids is 1. The Kier molecular flexibility index (Phi) is 6.24. The largest absolute Gasteiger partial charge is 0.496 e. The van der Waals surface area contributed by atoms with Crippen molar-refractivity contribution in [3.63, 3.8) is 0 Å². The molecule has 4 nitrogen and oxygen atoms in total. The minimum Gasteiger partial charge on any atom is -0.496 e. The van der Waals surface area contributed by atoms with Crippen molar-refractivity contribution in [1.29, 1.82) is 0 Å². The van der Waals surface area contributed by atoms with E-state index in [0.717, 1.165) is 23.3 Å². The van der Waals surface area contributed by atoms with Gasteiger partial charge in [0.05, 0.1) is 13.2 Å². The van der Waals surface area contributed by atoms with Crippen LogP contribution < -0.4 is 14.8 Å². The maximum Gasteiger partial charge on any atom is 0.261 e. The molecule has 2 aromatic rings. The summed E-state index contributed by atoms with van der Waals surface area (Å²) in [6, 6.07) is 15.3. The molecule has 0 bridgehead atoms. The average molecular weight is 327 g/mol. The van der Waals surface area contributed by atoms with Crippen molar-refractivity contribution in [2.75, 3.05) is 7.11 Å². The molecule has 2 atom stereocenters. The first-order chi connectivity index (χ1) is 11.5. The van der Waals surface area contributed by atoms with Crippen LogP contribution in [-0.4, -0.2) is 19.1 Å². The molecular formula is C20H25NO3. The molecule has 0 radical (unpaired) electrons. The first-order valence-electron chi connectivity index (χ1n) is 8.21. The summed E-state index contributed by atoms with van der Waals surface area (Å²) < 4.78 is 11.0. The standard InChI is InChI=1S/C20H25NO3/c1-5-18(16-11-12-19(23-4)14(2)13-16)21-20(22)15(3)24-17-9-7-6-8-10-17/h6-13,15,18H,5H2,1-4H3,(H,21,22)/t15-,18-/m0/s1. The summed E-state index contributed by atoms with van der Waals surface area (Å²) in [5.74, 6) is 1.41. The molecule has 0 spiro atoms. The van der Waals surface area contributed by atoms with Gasteiger partial charge in [0, 0.05) is 0 Å². The lowest BCUT2D eigenvalue weighted by molar-refractivity contribution is -0.128. The minimum atomic E-state index is -0.555. The van der Waals surface area contributed by atoms with Crippen LogP contribution in [0, 0.1) is 6.92 Å². The lowest BCUT2D eigenvalue weighted by Gasteiger charge is -2.21. The summed E-state index contributed by atoms with van der Waals surface area (Å²) in [4.78, 5) is 12.4. The summed E-state index contributed by atoms with van der Waals surface area (Å²) >= 11 is 0. The predicted octanol–water partition coefficient (Wildman–Crippen LogP) is 4.04. The molecule has 2 aromatic carbocycles. The second-order valence-corrected chi connectivity index (χ2v) is 5.77. The monoisotopic (exact) mass is 327 g/mol. The minimum absolute atomic E-state index is 0.0519. The van der Waals surface area contributed by atoms with E-state index in [9.17, 15) is 4.79 Å². The number of amides is 1. The third kappa shape index (κ3) is 4.51. The van der Waals surface area contributed by atoms with Gasteiger partial charge in [0.25, 0.3) is 5.91 Å². The van der Waals surface area contributed by atoms with Crippen LogP contribution in [0.3, 0.4) is 0 Å². The third-order valence-corrected chi connectivity index (χ3v) is 3.97. The van der Waals surface area contributed by atoms with Crippen molar-refractivity contribution in [2.45, 2.75) is 39.3 Å². The molecule has 0 fully saturated rings. The van der Waals surface area contributed by atoms with Crippen LogP contribution in [-0.2, 0) is 4.79 Å². The summed E-state index contributed by atoms with van der Waals surface area (Å²) in [5, 5.41) is 3.06. The number of rotatable bonds is 7. The zero-order valence-electron chi connectivity index (χ0n) is 14.7. The van der Waals surface area contributed by atoms with Gasteiger partial charge in [-0.3, -0.25) is 4.79 Å². The number of carbonyl (C=O) groups is 1. The highest BCUT2D eigenvalue weighted by Crippen LogP contribution is 2.24. The zero-order chi connectivity index (χ0) is 17.5. The number of nitrogens with one attached hydrogen (secondary N) is 1. The van der Waals surface area contributed by atoms with Crippen molar-refractivity contribution in [2.24, 2.45) is 0 Å². The van der Waals surface area contributed by atoms with E-state index >= 15 is 0 Å². The normalized spacial score (nSPS) is 13.0. The van der Waals surface area contributed by atoms with Gasteiger partial charge in [-0.05, 0) is 49.6 Å². The van der Waals surface area contributed by atoms with Crippen LogP contribution in [0.15, 0.2) is 48.5 Å². The molecule has 0 heterocycles. The van der Waals surface area contributed by atoms with E-state index in [1.54, 1.807) is 14.0 Å². The molecule has 2 rings (SSSR count). The number of aryl methyl sites for hydroxylation is 1. The van der Waals surface area contributed by atoms with Crippen molar-refractivity contribution in [1.82, 2.24) is 5.32 Å². The van der Waals surface area contributed by atoms with Crippen LogP contribution >= 0.6 is 0 Å². The van der Waals surface area contributed by atoms with Gasteiger partial charge in [-0.1, -0.05) is 37.3 Å². The molecule has 0 aliphatic carbocycles. The van der Waals surface area contributed by atoms with E-state index in [2.05, 4.69) is 11.4 Å². The van der Waals surface area contributed by atoms with E-state index in [-0.39, 0.29) is 11.9 Å². The number of hydrogen-bond acceptors (Lipinski definition) is 3. The van der Waals surface area contributed by atoms with Gasteiger partial charge in [-0.15, -0.1) is 0 Å². The molecule has 0 aliphatic heterocycles. The number of ether oxygens (including phenoxy) is 2. The quantitative estimate of drug-likeness (QED) is 0.835. The Morgan fingerprint density at radius 3 is 2.46 bits per heavy atom. The molecule has 128 valence electrons. The molecule has 1 amide bonds. The molecule has 0 unspecified atom stereocenters. The molecule has 0 aromatic heterocycles. The number of hydrogen-bond donors (Lipinski definition) is 1. The summed E-state index contributed by atoms with van der Waals surface area (Å²) in [6.45, 7) is 5.81. The highest BCUT2D eigenvalue weighted by molar-refractivity contribution is 5.81. The SMILES string of the molecule is CC[C@H](NC(=O)[C@H](C)Oc1ccccc1)c1ccc(OC)c(C)c1. The third-order valence-electron chi connectivity index (χ3n) is 3.97. The number of para-hydroxylation sites is 1. The second-order valence-electron chi connectivity index (χ2n) is 5.77. The summed E-state index contributed by atoms with van der Waals surface area (Å²) in [6.07, 6.45) is 0.246. The first kappa shape index (κ1) is 17.9. The maximum absolute atomic E-state index is 12.4. The van der Waals surface area contributed by atoms with Gasteiger partial charge in [-0.2, -0.15) is 0 Å². The average Bonchev–Trinajstić information content (AvgIpc) is 2.60. The van der Waals surface area contributed by atoms with Crippen molar-refractivity contribution >= 4 is 5.91 Å². The molecule has 0 saturated heterocycles. The van der Waals surface area contributed by atoms with Crippen LogP contribution in [0.5, 0.6) is 11.5 Å². The van der Waals surface area contributed by atoms with Gasteiger partial charge < -0.3 is 14.8 Å². The van der Waals surface area contributed by atoms with Crippen molar-refractivity contribution in [3.8, 4) is 11.5 Å². The fourth-order valence-corrected chi connectivity index (χ4v) is 2.59. The fraction of sp³-hybridized carbons (Fsp3) is 0.350. The number of benzene rings is 2. The van der Waals surface area contributed by atoms with E-state index in [1.165, 1.54) is 0 Å². The fourth-order valence-electron chi connectivity index (χ4n) is 2.59. The lowest BCUT2D eigenvalue weighted by Crippen LogP contribution is -2.38. The topological polar surface area (TPSA) is 47.6 Å². The molecule has 1 N–H and O–H groups in total. The van der Waals surface area contributed by atoms with Crippen LogP contribution in [0.2, 0.25) is 0 Å². The smallest absolute Gasteiger partial charge is 0.261 e. The maximum atomic E-state index is 12.4. The van der Waals surface area contributed by atoms with E-state index in [0.29, 0.717) is 5.75 Å². The van der Waals surface area contributed by atoms with E-state index in [4.69, 9.17) is 9.47 Å². The zero-order valence-corrected chi connectivity index (χ0v) is 14.7. The Bertz CT molecular complexity index is 670. The van der Waals surface area contributed by atoms with Gasteiger partial charge in [0.1, 0.15) is 11.5 Å². The molecule has 0 aliphatic rings. The Labute approximate surface area is 143 Å². The molecule has 24 heavy (non-hydrogen) atoms. The second kappa shape index (κ2) is 8.39.